The molecule has 4 rings (SSSR count). The summed E-state index contributed by atoms with van der Waals surface area (Å²) in [6.07, 6.45) is 0.318. The topological polar surface area (TPSA) is 82.3 Å². The van der Waals surface area contributed by atoms with Crippen LogP contribution in [0.4, 0.5) is 18.9 Å². The van der Waals surface area contributed by atoms with E-state index in [9.17, 15) is 26.4 Å². The van der Waals surface area contributed by atoms with E-state index in [0.717, 1.165) is 11.1 Å². The molecule has 0 spiro atoms. The quantitative estimate of drug-likeness (QED) is 0.439. The molecule has 2 N–H and O–H groups in total. The number of aromatic amines is 1. The van der Waals surface area contributed by atoms with Gasteiger partial charge in [0.15, 0.2) is 0 Å². The Balaban J connectivity index is 1.57. The molecular formula is C22H20Cl2F3N3O3S. The van der Waals surface area contributed by atoms with Crippen molar-refractivity contribution in [2.24, 2.45) is 0 Å². The molecule has 1 aliphatic heterocycles. The molecule has 2 heterocycles. The second-order valence-electron chi connectivity index (χ2n) is 8.03. The van der Waals surface area contributed by atoms with Crippen molar-refractivity contribution >= 4 is 49.8 Å². The first-order valence-electron chi connectivity index (χ1n) is 10.4. The molecule has 1 unspecified atom stereocenters. The van der Waals surface area contributed by atoms with Crippen LogP contribution in [0, 0.1) is 0 Å². The maximum atomic E-state index is 12.8. The van der Waals surface area contributed by atoms with Gasteiger partial charge < -0.3 is 10.3 Å². The van der Waals surface area contributed by atoms with Crippen LogP contribution in [0.3, 0.4) is 0 Å². The molecule has 3 aromatic rings. The highest BCUT2D eigenvalue weighted by molar-refractivity contribution is 7.90. The smallest absolute Gasteiger partial charge is 0.382 e. The normalized spacial score (nSPS) is 17.1. The van der Waals surface area contributed by atoms with Crippen molar-refractivity contribution in [2.75, 3.05) is 18.4 Å². The number of pyridine rings is 1. The number of anilines is 1. The summed E-state index contributed by atoms with van der Waals surface area (Å²) in [6, 6.07) is 13.6. The molecule has 1 fully saturated rings. The van der Waals surface area contributed by atoms with Crippen LogP contribution in [0.25, 0.3) is 10.9 Å². The zero-order valence-electron chi connectivity index (χ0n) is 17.6. The van der Waals surface area contributed by atoms with Gasteiger partial charge in [-0.3, -0.25) is 4.79 Å². The molecular weight excluding hydrogens is 514 g/mol. The molecule has 1 atom stereocenters. The van der Waals surface area contributed by atoms with E-state index in [2.05, 4.69) is 10.3 Å². The third kappa shape index (κ3) is 5.05. The highest BCUT2D eigenvalue weighted by atomic mass is 35.5. The Morgan fingerprint density at radius 1 is 1.03 bits per heavy atom. The molecule has 2 aromatic carbocycles. The molecule has 1 aromatic heterocycles. The van der Waals surface area contributed by atoms with Crippen LogP contribution in [0.2, 0.25) is 5.02 Å². The number of alkyl halides is 4. The lowest BCUT2D eigenvalue weighted by molar-refractivity contribution is -0.0494. The molecule has 0 radical (unpaired) electrons. The van der Waals surface area contributed by atoms with Crippen LogP contribution < -0.4 is 10.9 Å². The van der Waals surface area contributed by atoms with Crippen LogP contribution in [0.15, 0.2) is 53.3 Å². The highest BCUT2D eigenvalue weighted by Crippen LogP contribution is 2.34. The van der Waals surface area contributed by atoms with Crippen LogP contribution in [0.5, 0.6) is 0 Å². The van der Waals surface area contributed by atoms with Gasteiger partial charge >= 0.3 is 15.5 Å². The first kappa shape index (κ1) is 24.8. The molecule has 34 heavy (non-hydrogen) atoms. The van der Waals surface area contributed by atoms with Gasteiger partial charge in [-0.2, -0.15) is 17.5 Å². The molecule has 0 saturated carbocycles. The predicted molar refractivity (Wildman–Crippen MR) is 127 cm³/mol. The van der Waals surface area contributed by atoms with E-state index in [1.54, 1.807) is 24.3 Å². The maximum Gasteiger partial charge on any atom is 0.511 e. The molecule has 1 saturated heterocycles. The number of nitrogens with one attached hydrogen (secondary N) is 2. The number of fused-ring (bicyclic) bond motifs is 1. The minimum absolute atomic E-state index is 0.159. The number of benzene rings is 2. The number of piperidine rings is 1. The summed E-state index contributed by atoms with van der Waals surface area (Å²) < 4.78 is 62.2. The number of aromatic nitrogens is 1. The van der Waals surface area contributed by atoms with E-state index in [4.69, 9.17) is 23.2 Å². The molecule has 182 valence electrons. The minimum Gasteiger partial charge on any atom is -0.382 e. The van der Waals surface area contributed by atoms with Gasteiger partial charge in [0.2, 0.25) is 5.56 Å². The minimum atomic E-state index is -5.35. The summed E-state index contributed by atoms with van der Waals surface area (Å²) in [5.41, 5.74) is -3.00. The molecule has 0 bridgehead atoms. The number of rotatable bonds is 5. The Morgan fingerprint density at radius 2 is 1.65 bits per heavy atom. The van der Waals surface area contributed by atoms with E-state index < -0.39 is 20.9 Å². The summed E-state index contributed by atoms with van der Waals surface area (Å²) in [4.78, 5) is 14.9. The zero-order valence-corrected chi connectivity index (χ0v) is 19.9. The lowest BCUT2D eigenvalue weighted by atomic mass is 10.0. The Bertz CT molecular complexity index is 1350. The third-order valence-corrected chi connectivity index (χ3v) is 8.15. The fourth-order valence-corrected chi connectivity index (χ4v) is 5.37. The van der Waals surface area contributed by atoms with Crippen molar-refractivity contribution in [3.63, 3.8) is 0 Å². The lowest BCUT2D eigenvalue weighted by Gasteiger charge is -2.32. The van der Waals surface area contributed by atoms with Crippen molar-refractivity contribution < 1.29 is 21.6 Å². The summed E-state index contributed by atoms with van der Waals surface area (Å²) in [5, 5.41) is 4.00. The van der Waals surface area contributed by atoms with E-state index in [-0.39, 0.29) is 37.5 Å². The highest BCUT2D eigenvalue weighted by Gasteiger charge is 2.50. The fourth-order valence-electron chi connectivity index (χ4n) is 3.98. The number of nitrogens with zero attached hydrogens (tertiary/aromatic N) is 1. The van der Waals surface area contributed by atoms with Gasteiger partial charge in [0.25, 0.3) is 0 Å². The molecule has 0 amide bonds. The first-order chi connectivity index (χ1) is 16.0. The Kier molecular flexibility index (Phi) is 6.87. The lowest BCUT2D eigenvalue weighted by Crippen LogP contribution is -2.47. The average Bonchev–Trinajstić information content (AvgIpc) is 2.78. The third-order valence-electron chi connectivity index (χ3n) is 5.77. The van der Waals surface area contributed by atoms with Crippen molar-refractivity contribution in [3.8, 4) is 0 Å². The molecule has 1 aliphatic rings. The first-order valence-corrected chi connectivity index (χ1v) is 12.6. The molecule has 6 nitrogen and oxygen atoms in total. The average molecular weight is 534 g/mol. The molecule has 12 heteroatoms. The fraction of sp³-hybridized carbons (Fsp3) is 0.318. The second-order valence-corrected chi connectivity index (χ2v) is 10.8. The van der Waals surface area contributed by atoms with E-state index in [1.165, 1.54) is 6.07 Å². The summed E-state index contributed by atoms with van der Waals surface area (Å²) in [7, 11) is -5.35. The maximum absolute atomic E-state index is 12.8. The largest absolute Gasteiger partial charge is 0.511 e. The standard InChI is InChI=1S/C22H20Cl2F3N3O3S/c23-15-4-1-13(2-5-15)21(24)14-3-6-18-17(11-14)19(12-20(31)29-18)28-16-7-9-30(10-8-16)34(32,33)22(25,26)27/h1-6,11-12,16,21H,7-10H2,(H2,28,29,31). The summed E-state index contributed by atoms with van der Waals surface area (Å²) in [6.45, 7) is -0.543. The van der Waals surface area contributed by atoms with Crippen LogP contribution in [0.1, 0.15) is 29.3 Å². The van der Waals surface area contributed by atoms with Gasteiger partial charge in [0, 0.05) is 41.3 Å². The monoisotopic (exact) mass is 533 g/mol. The van der Waals surface area contributed by atoms with Crippen LogP contribution >= 0.6 is 23.2 Å². The number of hydrogen-bond donors (Lipinski definition) is 2. The van der Waals surface area contributed by atoms with Crippen LogP contribution in [-0.2, 0) is 10.0 Å². The van der Waals surface area contributed by atoms with Gasteiger partial charge in [-0.25, -0.2) is 8.42 Å². The Labute approximate surface area is 203 Å². The van der Waals surface area contributed by atoms with Gasteiger partial charge in [0.1, 0.15) is 0 Å². The van der Waals surface area contributed by atoms with E-state index in [1.807, 2.05) is 18.2 Å². The van der Waals surface area contributed by atoms with E-state index in [0.29, 0.717) is 25.9 Å². The Morgan fingerprint density at radius 3 is 2.26 bits per heavy atom. The summed E-state index contributed by atoms with van der Waals surface area (Å²) in [5.74, 6) is 0. The number of sulfonamides is 1. The van der Waals surface area contributed by atoms with Crippen LogP contribution in [-0.4, -0.2) is 42.3 Å². The van der Waals surface area contributed by atoms with Crippen molar-refractivity contribution in [1.82, 2.24) is 9.29 Å². The van der Waals surface area contributed by atoms with Crippen molar-refractivity contribution in [3.05, 3.63) is 75.0 Å². The SMILES string of the molecule is O=c1cc(NC2CCN(S(=O)(=O)C(F)(F)F)CC2)c2cc(C(Cl)c3ccc(Cl)cc3)ccc2[nH]1. The van der Waals surface area contributed by atoms with Gasteiger partial charge in [-0.05, 0) is 48.2 Å². The zero-order chi connectivity index (χ0) is 24.7. The number of H-pyrrole nitrogens is 1. The van der Waals surface area contributed by atoms with Gasteiger partial charge in [0.05, 0.1) is 10.9 Å². The predicted octanol–water partition coefficient (Wildman–Crippen LogP) is 5.24. The second kappa shape index (κ2) is 9.41. The number of halogens is 5. The number of hydrogen-bond acceptors (Lipinski definition) is 4. The van der Waals surface area contributed by atoms with Gasteiger partial charge in [-0.15, -0.1) is 11.6 Å². The summed E-state index contributed by atoms with van der Waals surface area (Å²) >= 11 is 12.6. The Hall–Kier alpha value is -2.27. The van der Waals surface area contributed by atoms with E-state index >= 15 is 0 Å². The van der Waals surface area contributed by atoms with Crippen molar-refractivity contribution in [2.45, 2.75) is 29.8 Å². The van der Waals surface area contributed by atoms with Crippen molar-refractivity contribution in [1.29, 1.82) is 0 Å². The molecule has 0 aliphatic carbocycles. The van der Waals surface area contributed by atoms with Gasteiger partial charge in [-0.1, -0.05) is 29.8 Å².